The second-order valence-electron chi connectivity index (χ2n) is 7.66. The van der Waals surface area contributed by atoms with Crippen molar-refractivity contribution in [3.8, 4) is 5.69 Å². The second kappa shape index (κ2) is 5.71. The molecule has 0 fully saturated rings. The van der Waals surface area contributed by atoms with Crippen LogP contribution >= 0.6 is 0 Å². The second-order valence-corrected chi connectivity index (χ2v) is 7.66. The van der Waals surface area contributed by atoms with Crippen molar-refractivity contribution in [1.82, 2.24) is 9.55 Å². The largest absolute Gasteiger partial charge is 0.456 e. The molecule has 0 aliphatic carbocycles. The van der Waals surface area contributed by atoms with Crippen LogP contribution in [0.5, 0.6) is 0 Å². The zero-order chi connectivity index (χ0) is 19.7. The molecule has 3 heterocycles. The Balaban J connectivity index is 1.72. The van der Waals surface area contributed by atoms with Crippen molar-refractivity contribution in [2.75, 3.05) is 0 Å². The smallest absolute Gasteiger partial charge is 0.136 e. The lowest BCUT2D eigenvalue weighted by Crippen LogP contribution is -1.95. The number of nitrogens with zero attached hydrogens (tertiary/aromatic N) is 2. The molecule has 0 unspecified atom stereocenters. The number of rotatable bonds is 1. The SMILES string of the molecule is c1cc(-n2c3ccccc3c3cc4oc5ccccc5c4cc32)c2cccnc2c1. The van der Waals surface area contributed by atoms with E-state index >= 15 is 0 Å². The fourth-order valence-corrected chi connectivity index (χ4v) is 4.73. The van der Waals surface area contributed by atoms with Crippen molar-refractivity contribution in [1.29, 1.82) is 0 Å². The van der Waals surface area contributed by atoms with Crippen molar-refractivity contribution >= 4 is 54.6 Å². The Bertz CT molecular complexity index is 1750. The van der Waals surface area contributed by atoms with Crippen molar-refractivity contribution in [3.05, 3.63) is 97.2 Å². The van der Waals surface area contributed by atoms with E-state index in [1.54, 1.807) is 0 Å². The molecule has 0 amide bonds. The molecule has 3 aromatic heterocycles. The molecule has 140 valence electrons. The first kappa shape index (κ1) is 15.8. The van der Waals surface area contributed by atoms with Crippen LogP contribution in [0.3, 0.4) is 0 Å². The summed E-state index contributed by atoms with van der Waals surface area (Å²) < 4.78 is 8.53. The monoisotopic (exact) mass is 384 g/mol. The van der Waals surface area contributed by atoms with Gasteiger partial charge in [0.05, 0.1) is 22.2 Å². The molecule has 0 saturated carbocycles. The van der Waals surface area contributed by atoms with Gasteiger partial charge in [-0.15, -0.1) is 0 Å². The average molecular weight is 384 g/mol. The fraction of sp³-hybridized carbons (Fsp3) is 0. The highest BCUT2D eigenvalue weighted by Gasteiger charge is 2.17. The summed E-state index contributed by atoms with van der Waals surface area (Å²) in [5, 5.41) is 5.83. The highest BCUT2D eigenvalue weighted by molar-refractivity contribution is 6.17. The van der Waals surface area contributed by atoms with Gasteiger partial charge >= 0.3 is 0 Å². The van der Waals surface area contributed by atoms with Crippen molar-refractivity contribution in [2.24, 2.45) is 0 Å². The van der Waals surface area contributed by atoms with E-state index in [4.69, 9.17) is 4.42 Å². The molecule has 0 N–H and O–H groups in total. The van der Waals surface area contributed by atoms with E-state index in [1.807, 2.05) is 24.4 Å². The summed E-state index contributed by atoms with van der Waals surface area (Å²) >= 11 is 0. The third-order valence-corrected chi connectivity index (χ3v) is 6.03. The maximum atomic E-state index is 6.18. The van der Waals surface area contributed by atoms with E-state index < -0.39 is 0 Å². The Morgan fingerprint density at radius 1 is 0.567 bits per heavy atom. The van der Waals surface area contributed by atoms with E-state index in [2.05, 4.69) is 82.3 Å². The minimum Gasteiger partial charge on any atom is -0.456 e. The average Bonchev–Trinajstić information content (AvgIpc) is 3.32. The summed E-state index contributed by atoms with van der Waals surface area (Å²) in [6.45, 7) is 0. The molecule has 3 nitrogen and oxygen atoms in total. The standard InChI is InChI=1S/C27H16N2O/c1-3-11-23-17(7-1)20-16-27-21(18-8-2-4-13-26(18)30-27)15-25(20)29(23)24-12-5-10-22-19(24)9-6-14-28-22/h1-16H. The number of furan rings is 1. The number of benzene rings is 4. The summed E-state index contributed by atoms with van der Waals surface area (Å²) in [7, 11) is 0. The van der Waals surface area contributed by atoms with Crippen LogP contribution in [0.4, 0.5) is 0 Å². The lowest BCUT2D eigenvalue weighted by atomic mass is 10.1. The first-order valence-corrected chi connectivity index (χ1v) is 10.1. The molecule has 0 aliphatic heterocycles. The van der Waals surface area contributed by atoms with Crippen LogP contribution in [0.25, 0.3) is 60.3 Å². The predicted octanol–water partition coefficient (Wildman–Crippen LogP) is 7.23. The molecule has 0 radical (unpaired) electrons. The summed E-state index contributed by atoms with van der Waals surface area (Å²) in [4.78, 5) is 4.57. The highest BCUT2D eigenvalue weighted by Crippen LogP contribution is 2.39. The minimum atomic E-state index is 0.922. The third-order valence-electron chi connectivity index (χ3n) is 6.03. The maximum absolute atomic E-state index is 6.18. The van der Waals surface area contributed by atoms with Gasteiger partial charge in [-0.05, 0) is 48.5 Å². The number of hydrogen-bond donors (Lipinski definition) is 0. The zero-order valence-corrected chi connectivity index (χ0v) is 16.0. The fourth-order valence-electron chi connectivity index (χ4n) is 4.73. The Hall–Kier alpha value is -4.11. The minimum absolute atomic E-state index is 0.922. The first-order valence-electron chi connectivity index (χ1n) is 10.1. The van der Waals surface area contributed by atoms with E-state index in [0.29, 0.717) is 0 Å². The zero-order valence-electron chi connectivity index (χ0n) is 16.0. The Morgan fingerprint density at radius 3 is 2.37 bits per heavy atom. The number of para-hydroxylation sites is 2. The van der Waals surface area contributed by atoms with Gasteiger partial charge in [0.1, 0.15) is 11.2 Å². The summed E-state index contributed by atoms with van der Waals surface area (Å²) in [6.07, 6.45) is 1.85. The van der Waals surface area contributed by atoms with Gasteiger partial charge in [-0.25, -0.2) is 0 Å². The maximum Gasteiger partial charge on any atom is 0.136 e. The van der Waals surface area contributed by atoms with Gasteiger partial charge in [0.2, 0.25) is 0 Å². The first-order chi connectivity index (χ1) is 14.9. The van der Waals surface area contributed by atoms with Gasteiger partial charge in [0, 0.05) is 33.1 Å². The molecule has 0 aliphatic rings. The molecule has 0 saturated heterocycles. The van der Waals surface area contributed by atoms with Crippen molar-refractivity contribution < 1.29 is 4.42 Å². The van der Waals surface area contributed by atoms with Gasteiger partial charge in [-0.3, -0.25) is 4.98 Å². The molecule has 7 aromatic rings. The quantitative estimate of drug-likeness (QED) is 0.299. The van der Waals surface area contributed by atoms with Crippen LogP contribution in [-0.4, -0.2) is 9.55 Å². The molecule has 0 atom stereocenters. The predicted molar refractivity (Wildman–Crippen MR) is 123 cm³/mol. The van der Waals surface area contributed by atoms with Crippen LogP contribution in [0.15, 0.2) is 102 Å². The summed E-state index contributed by atoms with van der Waals surface area (Å²) in [5.74, 6) is 0. The van der Waals surface area contributed by atoms with Gasteiger partial charge in [0.15, 0.2) is 0 Å². The molecule has 0 spiro atoms. The molecule has 3 heteroatoms. The van der Waals surface area contributed by atoms with E-state index in [9.17, 15) is 0 Å². The van der Waals surface area contributed by atoms with Crippen LogP contribution < -0.4 is 0 Å². The van der Waals surface area contributed by atoms with Crippen LogP contribution in [0.1, 0.15) is 0 Å². The number of pyridine rings is 1. The molecule has 4 aromatic carbocycles. The Morgan fingerprint density at radius 2 is 1.40 bits per heavy atom. The number of fused-ring (bicyclic) bond motifs is 7. The molecular formula is C27H16N2O. The molecule has 7 rings (SSSR count). The topological polar surface area (TPSA) is 31.0 Å². The van der Waals surface area contributed by atoms with Gasteiger partial charge in [-0.2, -0.15) is 0 Å². The van der Waals surface area contributed by atoms with Crippen LogP contribution in [0.2, 0.25) is 0 Å². The molecule has 30 heavy (non-hydrogen) atoms. The normalized spacial score (nSPS) is 12.0. The Kier molecular flexibility index (Phi) is 3.00. The van der Waals surface area contributed by atoms with Crippen molar-refractivity contribution in [3.63, 3.8) is 0 Å². The van der Waals surface area contributed by atoms with Gasteiger partial charge in [0.25, 0.3) is 0 Å². The van der Waals surface area contributed by atoms with Gasteiger partial charge < -0.3 is 8.98 Å². The van der Waals surface area contributed by atoms with E-state index in [1.165, 1.54) is 21.8 Å². The highest BCUT2D eigenvalue weighted by atomic mass is 16.3. The Labute approximate surface area is 171 Å². The van der Waals surface area contributed by atoms with E-state index in [0.717, 1.165) is 38.5 Å². The third kappa shape index (κ3) is 2.01. The van der Waals surface area contributed by atoms with Crippen LogP contribution in [-0.2, 0) is 0 Å². The van der Waals surface area contributed by atoms with Crippen LogP contribution in [0, 0.1) is 0 Å². The number of aromatic nitrogens is 2. The van der Waals surface area contributed by atoms with Crippen molar-refractivity contribution in [2.45, 2.75) is 0 Å². The number of hydrogen-bond acceptors (Lipinski definition) is 2. The van der Waals surface area contributed by atoms with E-state index in [-0.39, 0.29) is 0 Å². The summed E-state index contributed by atoms with van der Waals surface area (Å²) in [5.41, 5.74) is 6.33. The lowest BCUT2D eigenvalue weighted by molar-refractivity contribution is 0.669. The lowest BCUT2D eigenvalue weighted by Gasteiger charge is -2.11. The molecular weight excluding hydrogens is 368 g/mol. The van der Waals surface area contributed by atoms with Gasteiger partial charge in [-0.1, -0.05) is 42.5 Å². The summed E-state index contributed by atoms with van der Waals surface area (Å²) in [6, 6.07) is 31.7. The molecule has 0 bridgehead atoms.